The van der Waals surface area contributed by atoms with Gasteiger partial charge in [-0.15, -0.1) is 11.3 Å². The third-order valence-electron chi connectivity index (χ3n) is 1.13. The predicted octanol–water partition coefficient (Wildman–Crippen LogP) is 0.178. The molecule has 1 rings (SSSR count). The highest BCUT2D eigenvalue weighted by atomic mass is 32.1. The Balaban J connectivity index is 2.71. The number of carboxylic acids is 1. The summed E-state index contributed by atoms with van der Waals surface area (Å²) in [5.74, 6) is 4.97. The van der Waals surface area contributed by atoms with Crippen molar-refractivity contribution >= 4 is 29.9 Å². The highest BCUT2D eigenvalue weighted by Crippen LogP contribution is 2.07. The minimum absolute atomic E-state index is 0.0322. The molecule has 0 aliphatic heterocycles. The molecule has 0 aliphatic carbocycles. The van der Waals surface area contributed by atoms with Crippen LogP contribution in [0.4, 0.5) is 0 Å². The summed E-state index contributed by atoms with van der Waals surface area (Å²) in [5.41, 5.74) is 0.478. The van der Waals surface area contributed by atoms with E-state index in [1.54, 1.807) is 5.38 Å². The number of carbonyl (C=O) groups excluding carboxylic acids is 1. The number of nitrogens with zero attached hydrogens (tertiary/aromatic N) is 1. The molecule has 13 heavy (non-hydrogen) atoms. The number of thiol groups is 1. The smallest absolute Gasteiger partial charge is 0.140 e. The lowest BCUT2D eigenvalue weighted by Crippen LogP contribution is -2.21. The first kappa shape index (κ1) is 10.1. The number of carbonyl (C=O) groups is 1. The van der Waals surface area contributed by atoms with Crippen LogP contribution in [0.1, 0.15) is 21.9 Å². The molecular weight excluding hydrogens is 206 g/mol. The molecule has 0 aliphatic rings. The largest absolute Gasteiger partial charge is 0.542 e. The van der Waals surface area contributed by atoms with Crippen molar-refractivity contribution in [3.05, 3.63) is 16.1 Å². The van der Waals surface area contributed by atoms with Gasteiger partial charge in [0.05, 0.1) is 0 Å². The second-order valence-electron chi connectivity index (χ2n) is 2.10. The van der Waals surface area contributed by atoms with Gasteiger partial charge in [0.15, 0.2) is 0 Å². The van der Waals surface area contributed by atoms with E-state index in [4.69, 9.17) is 0 Å². The minimum Gasteiger partial charge on any atom is -0.542 e. The SMILES string of the molecule is O=C([O-])c1nc(C#CCCS)cs1. The lowest BCUT2D eigenvalue weighted by molar-refractivity contribution is -0.255. The van der Waals surface area contributed by atoms with Crippen molar-refractivity contribution in [3.63, 3.8) is 0 Å². The van der Waals surface area contributed by atoms with E-state index in [0.29, 0.717) is 17.9 Å². The van der Waals surface area contributed by atoms with Crippen LogP contribution in [-0.2, 0) is 0 Å². The Labute approximate surface area is 85.2 Å². The van der Waals surface area contributed by atoms with E-state index >= 15 is 0 Å². The zero-order chi connectivity index (χ0) is 9.68. The highest BCUT2D eigenvalue weighted by molar-refractivity contribution is 7.80. The summed E-state index contributed by atoms with van der Waals surface area (Å²) in [5, 5.41) is 11.9. The topological polar surface area (TPSA) is 53.0 Å². The monoisotopic (exact) mass is 212 g/mol. The lowest BCUT2D eigenvalue weighted by Gasteiger charge is -1.90. The number of aromatic carboxylic acids is 1. The predicted molar refractivity (Wildman–Crippen MR) is 51.8 cm³/mol. The summed E-state index contributed by atoms with van der Waals surface area (Å²) in [6.45, 7) is 0. The van der Waals surface area contributed by atoms with E-state index in [9.17, 15) is 9.90 Å². The van der Waals surface area contributed by atoms with E-state index in [1.807, 2.05) is 0 Å². The van der Waals surface area contributed by atoms with Crippen LogP contribution in [0.2, 0.25) is 0 Å². The van der Waals surface area contributed by atoms with Gasteiger partial charge < -0.3 is 9.90 Å². The van der Waals surface area contributed by atoms with Crippen molar-refractivity contribution in [3.8, 4) is 11.8 Å². The number of hydrogen-bond acceptors (Lipinski definition) is 5. The molecule has 68 valence electrons. The fourth-order valence-corrected chi connectivity index (χ4v) is 1.33. The van der Waals surface area contributed by atoms with Crippen LogP contribution in [0.3, 0.4) is 0 Å². The van der Waals surface area contributed by atoms with Crippen LogP contribution in [0, 0.1) is 11.8 Å². The molecule has 0 atom stereocenters. The standard InChI is InChI=1S/C8H7NO2S2/c10-8(11)7-9-6(5-13-7)3-1-2-4-12/h5,12H,2,4H2,(H,10,11)/p-1. The number of aromatic nitrogens is 1. The van der Waals surface area contributed by atoms with Crippen LogP contribution in [0.25, 0.3) is 0 Å². The first-order valence-corrected chi connectivity index (χ1v) is 5.02. The van der Waals surface area contributed by atoms with Crippen molar-refractivity contribution < 1.29 is 9.90 Å². The summed E-state index contributed by atoms with van der Waals surface area (Å²) in [6, 6.07) is 0. The Kier molecular flexibility index (Phi) is 3.80. The normalized spacial score (nSPS) is 9.00. The maximum atomic E-state index is 10.3. The van der Waals surface area contributed by atoms with Gasteiger partial charge in [-0.1, -0.05) is 5.92 Å². The molecule has 0 bridgehead atoms. The maximum Gasteiger partial charge on any atom is 0.140 e. The Morgan fingerprint density at radius 2 is 2.54 bits per heavy atom. The third kappa shape index (κ3) is 3.09. The van der Waals surface area contributed by atoms with Crippen LogP contribution in [0.5, 0.6) is 0 Å². The zero-order valence-corrected chi connectivity index (χ0v) is 8.32. The summed E-state index contributed by atoms with van der Waals surface area (Å²) < 4.78 is 0. The molecule has 1 aromatic rings. The van der Waals surface area contributed by atoms with Gasteiger partial charge in [-0.25, -0.2) is 4.98 Å². The molecule has 0 fully saturated rings. The summed E-state index contributed by atoms with van der Waals surface area (Å²) >= 11 is 5.00. The summed E-state index contributed by atoms with van der Waals surface area (Å²) in [4.78, 5) is 14.1. The Morgan fingerprint density at radius 3 is 3.08 bits per heavy atom. The molecule has 1 aromatic heterocycles. The van der Waals surface area contributed by atoms with Crippen LogP contribution in [0.15, 0.2) is 5.38 Å². The molecule has 0 radical (unpaired) electrons. The number of carboxylic acid groups (broad SMARTS) is 1. The molecule has 3 nitrogen and oxygen atoms in total. The van der Waals surface area contributed by atoms with Gasteiger partial charge in [0, 0.05) is 17.6 Å². The maximum absolute atomic E-state index is 10.3. The molecule has 0 amide bonds. The van der Waals surface area contributed by atoms with E-state index < -0.39 is 5.97 Å². The summed E-state index contributed by atoms with van der Waals surface area (Å²) in [7, 11) is 0. The summed E-state index contributed by atoms with van der Waals surface area (Å²) in [6.07, 6.45) is 0.668. The van der Waals surface area contributed by atoms with Gasteiger partial charge in [-0.2, -0.15) is 12.6 Å². The molecule has 0 saturated carbocycles. The first-order valence-electron chi connectivity index (χ1n) is 3.50. The fraction of sp³-hybridized carbons (Fsp3) is 0.250. The zero-order valence-electron chi connectivity index (χ0n) is 6.61. The third-order valence-corrected chi connectivity index (χ3v) is 2.18. The van der Waals surface area contributed by atoms with Crippen molar-refractivity contribution in [2.75, 3.05) is 5.75 Å². The quantitative estimate of drug-likeness (QED) is 0.562. The number of thiazole rings is 1. The van der Waals surface area contributed by atoms with Gasteiger partial charge in [0.1, 0.15) is 16.7 Å². The van der Waals surface area contributed by atoms with Crippen LogP contribution < -0.4 is 5.11 Å². The second kappa shape index (κ2) is 4.90. The number of hydrogen-bond donors (Lipinski definition) is 1. The van der Waals surface area contributed by atoms with E-state index in [1.165, 1.54) is 0 Å². The number of rotatable bonds is 2. The Morgan fingerprint density at radius 1 is 1.77 bits per heavy atom. The fourth-order valence-electron chi connectivity index (χ4n) is 0.634. The van der Waals surface area contributed by atoms with Gasteiger partial charge in [0.25, 0.3) is 0 Å². The Hall–Kier alpha value is -0.990. The molecule has 1 heterocycles. The van der Waals surface area contributed by atoms with Crippen molar-refractivity contribution in [2.45, 2.75) is 6.42 Å². The highest BCUT2D eigenvalue weighted by Gasteiger charge is 1.98. The van der Waals surface area contributed by atoms with Crippen LogP contribution in [-0.4, -0.2) is 16.7 Å². The average Bonchev–Trinajstić information content (AvgIpc) is 2.53. The second-order valence-corrected chi connectivity index (χ2v) is 3.41. The molecule has 0 aromatic carbocycles. The van der Waals surface area contributed by atoms with Crippen molar-refractivity contribution in [2.24, 2.45) is 0 Å². The molecule has 0 unspecified atom stereocenters. The molecular formula is C8H6NO2S2-. The Bertz CT molecular complexity index is 362. The van der Waals surface area contributed by atoms with E-state index in [0.717, 1.165) is 11.3 Å². The van der Waals surface area contributed by atoms with Gasteiger partial charge in [0.2, 0.25) is 0 Å². The minimum atomic E-state index is -1.26. The van der Waals surface area contributed by atoms with Gasteiger partial charge in [-0.3, -0.25) is 0 Å². The molecule has 5 heteroatoms. The van der Waals surface area contributed by atoms with Crippen LogP contribution >= 0.6 is 24.0 Å². The average molecular weight is 212 g/mol. The van der Waals surface area contributed by atoms with Gasteiger partial charge >= 0.3 is 0 Å². The van der Waals surface area contributed by atoms with E-state index in [-0.39, 0.29) is 5.01 Å². The van der Waals surface area contributed by atoms with Crippen molar-refractivity contribution in [1.82, 2.24) is 4.98 Å². The molecule has 0 N–H and O–H groups in total. The van der Waals surface area contributed by atoms with Gasteiger partial charge in [-0.05, 0) is 5.92 Å². The van der Waals surface area contributed by atoms with Crippen molar-refractivity contribution in [1.29, 1.82) is 0 Å². The lowest BCUT2D eigenvalue weighted by atomic mass is 10.4. The first-order chi connectivity index (χ1) is 6.24. The molecule has 0 spiro atoms. The van der Waals surface area contributed by atoms with E-state index in [2.05, 4.69) is 29.5 Å². The molecule has 0 saturated heterocycles.